The number of nitrogens with zero attached hydrogens (tertiary/aromatic N) is 1. The predicted molar refractivity (Wildman–Crippen MR) is 47.2 cm³/mol. The molecule has 3 nitrogen and oxygen atoms in total. The number of hydrogen-bond donors (Lipinski definition) is 1. The van der Waals surface area contributed by atoms with E-state index in [0.29, 0.717) is 5.69 Å². The molecule has 4 heteroatoms. The van der Waals surface area contributed by atoms with Crippen LogP contribution in [0.4, 0.5) is 0 Å². The van der Waals surface area contributed by atoms with Gasteiger partial charge in [0.15, 0.2) is 0 Å². The van der Waals surface area contributed by atoms with Gasteiger partial charge in [0.1, 0.15) is 0 Å². The fraction of sp³-hybridized carbons (Fsp3) is 0. The van der Waals surface area contributed by atoms with Gasteiger partial charge in [0.05, 0.1) is 0 Å². The van der Waals surface area contributed by atoms with Gasteiger partial charge in [-0.15, -0.1) is 0 Å². The Morgan fingerprint density at radius 2 is 2.00 bits per heavy atom. The average molecular weight is 225 g/mol. The molecule has 0 atom stereocenters. The van der Waals surface area contributed by atoms with Crippen molar-refractivity contribution in [3.8, 4) is 11.3 Å². The Morgan fingerprint density at radius 1 is 1.25 bits per heavy atom. The van der Waals surface area contributed by atoms with E-state index in [9.17, 15) is 4.79 Å². The maximum atomic E-state index is 11.2. The van der Waals surface area contributed by atoms with Gasteiger partial charge in [0.2, 0.25) is 0 Å². The molecular weight excluding hydrogens is 219 g/mol. The van der Waals surface area contributed by atoms with Crippen molar-refractivity contribution in [1.82, 2.24) is 9.19 Å². The van der Waals surface area contributed by atoms with Gasteiger partial charge in [0, 0.05) is 0 Å². The van der Waals surface area contributed by atoms with Crippen LogP contribution in [-0.2, 0) is 0 Å². The first-order valence-electron chi connectivity index (χ1n) is 3.47. The standard InChI is InChI=1S/C8H6N2OSe/c11-8-7(9-10-12-8)6-4-2-1-3-5-6/h1-5,10H. The van der Waals surface area contributed by atoms with E-state index in [1.807, 2.05) is 30.3 Å². The second-order valence-electron chi connectivity index (χ2n) is 2.31. The van der Waals surface area contributed by atoms with Gasteiger partial charge in [-0.1, -0.05) is 0 Å². The van der Waals surface area contributed by atoms with Crippen LogP contribution >= 0.6 is 0 Å². The molecule has 0 spiro atoms. The van der Waals surface area contributed by atoms with Crippen molar-refractivity contribution in [1.29, 1.82) is 0 Å². The summed E-state index contributed by atoms with van der Waals surface area (Å²) >= 11 is -0.189. The molecule has 0 saturated carbocycles. The molecule has 2 rings (SSSR count). The maximum absolute atomic E-state index is 11.2. The number of aromatic nitrogens is 2. The number of nitrogens with one attached hydrogen (secondary N) is 1. The third kappa shape index (κ3) is 1.26. The van der Waals surface area contributed by atoms with E-state index in [2.05, 4.69) is 9.19 Å². The molecule has 0 bridgehead atoms. The van der Waals surface area contributed by atoms with Crippen molar-refractivity contribution < 1.29 is 0 Å². The second kappa shape index (κ2) is 3.09. The zero-order valence-corrected chi connectivity index (χ0v) is 7.86. The van der Waals surface area contributed by atoms with Crippen LogP contribution in [0, 0.1) is 0 Å². The van der Waals surface area contributed by atoms with Gasteiger partial charge >= 0.3 is 74.6 Å². The molecule has 1 N–H and O–H groups in total. The summed E-state index contributed by atoms with van der Waals surface area (Å²) in [7, 11) is 0. The summed E-state index contributed by atoms with van der Waals surface area (Å²) in [6, 6.07) is 9.49. The minimum absolute atomic E-state index is 0.119. The monoisotopic (exact) mass is 226 g/mol. The SMILES string of the molecule is O=c1[se][nH]nc1-c1ccccc1. The summed E-state index contributed by atoms with van der Waals surface area (Å²) in [4.78, 5) is 11.2. The molecule has 0 aliphatic carbocycles. The first-order chi connectivity index (χ1) is 5.88. The summed E-state index contributed by atoms with van der Waals surface area (Å²) in [5.74, 6) is 0. The second-order valence-corrected chi connectivity index (χ2v) is 3.90. The fourth-order valence-corrected chi connectivity index (χ4v) is 1.99. The van der Waals surface area contributed by atoms with Crippen LogP contribution in [0.1, 0.15) is 0 Å². The van der Waals surface area contributed by atoms with Crippen molar-refractivity contribution >= 4 is 14.7 Å². The predicted octanol–water partition coefficient (Wildman–Crippen LogP) is 0.494. The Hall–Kier alpha value is -1.12. The van der Waals surface area contributed by atoms with E-state index >= 15 is 0 Å². The molecule has 60 valence electrons. The number of H-pyrrole nitrogens is 1. The Bertz CT molecular complexity index is 418. The van der Waals surface area contributed by atoms with Crippen LogP contribution in [0.5, 0.6) is 0 Å². The molecule has 1 aromatic carbocycles. The zero-order chi connectivity index (χ0) is 8.39. The average Bonchev–Trinajstić information content (AvgIpc) is 2.53. The normalized spacial score (nSPS) is 10.0. The summed E-state index contributed by atoms with van der Waals surface area (Å²) in [6.45, 7) is 0. The molecule has 0 saturated heterocycles. The van der Waals surface area contributed by atoms with Crippen molar-refractivity contribution in [2.24, 2.45) is 0 Å². The molecular formula is C8H6N2OSe. The molecule has 12 heavy (non-hydrogen) atoms. The van der Waals surface area contributed by atoms with E-state index < -0.39 is 0 Å². The molecule has 0 fully saturated rings. The molecule has 1 aromatic heterocycles. The van der Waals surface area contributed by atoms with Gasteiger partial charge in [-0.2, -0.15) is 0 Å². The minimum atomic E-state index is -0.189. The number of hydrogen-bond acceptors (Lipinski definition) is 2. The van der Waals surface area contributed by atoms with Gasteiger partial charge in [-0.3, -0.25) is 0 Å². The third-order valence-corrected chi connectivity index (χ3v) is 2.71. The van der Waals surface area contributed by atoms with Crippen molar-refractivity contribution in [2.45, 2.75) is 0 Å². The molecule has 0 unspecified atom stereocenters. The van der Waals surface area contributed by atoms with Crippen LogP contribution in [-0.4, -0.2) is 23.9 Å². The van der Waals surface area contributed by atoms with Crippen LogP contribution in [0.25, 0.3) is 11.3 Å². The van der Waals surface area contributed by atoms with Crippen LogP contribution < -0.4 is 4.30 Å². The van der Waals surface area contributed by atoms with Crippen LogP contribution in [0.2, 0.25) is 0 Å². The Morgan fingerprint density at radius 3 is 2.58 bits per heavy atom. The zero-order valence-electron chi connectivity index (χ0n) is 6.15. The number of rotatable bonds is 1. The summed E-state index contributed by atoms with van der Waals surface area (Å²) in [5.41, 5.74) is 1.46. The van der Waals surface area contributed by atoms with Crippen molar-refractivity contribution in [3.63, 3.8) is 0 Å². The van der Waals surface area contributed by atoms with Gasteiger partial charge in [0.25, 0.3) is 0 Å². The molecule has 0 radical (unpaired) electrons. The summed E-state index contributed by atoms with van der Waals surface area (Å²) in [5, 5.41) is 3.93. The summed E-state index contributed by atoms with van der Waals surface area (Å²) < 4.78 is 2.84. The third-order valence-electron chi connectivity index (χ3n) is 1.54. The first kappa shape index (κ1) is 7.52. The Kier molecular flexibility index (Phi) is 1.94. The Labute approximate surface area is 75.0 Å². The van der Waals surface area contributed by atoms with E-state index in [4.69, 9.17) is 0 Å². The van der Waals surface area contributed by atoms with Crippen LogP contribution in [0.15, 0.2) is 35.1 Å². The quantitative estimate of drug-likeness (QED) is 0.718. The topological polar surface area (TPSA) is 45.8 Å². The van der Waals surface area contributed by atoms with Gasteiger partial charge in [-0.05, 0) is 0 Å². The number of benzene rings is 1. The molecule has 0 amide bonds. The van der Waals surface area contributed by atoms with E-state index in [1.54, 1.807) is 0 Å². The van der Waals surface area contributed by atoms with Gasteiger partial charge < -0.3 is 0 Å². The van der Waals surface area contributed by atoms with E-state index in [1.165, 1.54) is 0 Å². The van der Waals surface area contributed by atoms with E-state index in [0.717, 1.165) is 5.56 Å². The molecule has 0 aliphatic heterocycles. The molecule has 1 heterocycles. The van der Waals surface area contributed by atoms with Crippen molar-refractivity contribution in [2.75, 3.05) is 0 Å². The first-order valence-corrected chi connectivity index (χ1v) is 5.18. The Balaban J connectivity index is 2.59. The van der Waals surface area contributed by atoms with Crippen molar-refractivity contribution in [3.05, 3.63) is 39.4 Å². The van der Waals surface area contributed by atoms with Gasteiger partial charge in [-0.25, -0.2) is 0 Å². The fourth-order valence-electron chi connectivity index (χ4n) is 0.982. The van der Waals surface area contributed by atoms with E-state index in [-0.39, 0.29) is 19.0 Å². The summed E-state index contributed by atoms with van der Waals surface area (Å²) in [6.07, 6.45) is 0. The number of aromatic amines is 1. The van der Waals surface area contributed by atoms with Crippen LogP contribution in [0.3, 0.4) is 0 Å². The molecule has 2 aromatic rings. The molecule has 0 aliphatic rings.